The van der Waals surface area contributed by atoms with Crippen molar-refractivity contribution in [3.05, 3.63) is 121 Å². The molecule has 1 aliphatic rings. The molecule has 5 aromatic rings. The quantitative estimate of drug-likeness (QED) is 0.255. The van der Waals surface area contributed by atoms with E-state index in [0.717, 1.165) is 34.1 Å². The van der Waals surface area contributed by atoms with Gasteiger partial charge in [-0.05, 0) is 40.1 Å². The SMILES string of the molecule is O=Cc1ccc(-c2ccc(OCC3COC(Cn4ccnc4)(c4ccc5ccccc5c4)O3)cc2)cc1. The van der Waals surface area contributed by atoms with Gasteiger partial charge in [-0.25, -0.2) is 4.98 Å². The minimum absolute atomic E-state index is 0.231. The van der Waals surface area contributed by atoms with Crippen molar-refractivity contribution >= 4 is 17.1 Å². The number of aromatic nitrogens is 2. The van der Waals surface area contributed by atoms with Gasteiger partial charge in [0, 0.05) is 23.5 Å². The minimum Gasteiger partial charge on any atom is -0.491 e. The van der Waals surface area contributed by atoms with Crippen molar-refractivity contribution in [3.8, 4) is 16.9 Å². The second kappa shape index (κ2) is 10.0. The van der Waals surface area contributed by atoms with Gasteiger partial charge in [0.1, 0.15) is 24.7 Å². The monoisotopic (exact) mass is 490 g/mol. The number of nitrogens with zero attached hydrogens (tertiary/aromatic N) is 2. The first-order valence-corrected chi connectivity index (χ1v) is 12.3. The molecule has 2 atom stereocenters. The number of rotatable bonds is 8. The summed E-state index contributed by atoms with van der Waals surface area (Å²) in [6.45, 7) is 1.27. The fourth-order valence-electron chi connectivity index (χ4n) is 4.71. The zero-order valence-corrected chi connectivity index (χ0v) is 20.2. The second-order valence-corrected chi connectivity index (χ2v) is 9.18. The summed E-state index contributed by atoms with van der Waals surface area (Å²) < 4.78 is 21.0. The summed E-state index contributed by atoms with van der Waals surface area (Å²) in [6.07, 6.45) is 6.05. The predicted octanol–water partition coefficient (Wildman–Crippen LogP) is 5.86. The average molecular weight is 491 g/mol. The van der Waals surface area contributed by atoms with E-state index in [2.05, 4.69) is 35.3 Å². The van der Waals surface area contributed by atoms with Crippen LogP contribution in [0.3, 0.4) is 0 Å². The van der Waals surface area contributed by atoms with Gasteiger partial charge < -0.3 is 18.8 Å². The molecule has 6 rings (SSSR count). The van der Waals surface area contributed by atoms with Crippen LogP contribution in [0.4, 0.5) is 0 Å². The Kier molecular flexibility index (Phi) is 6.26. The maximum atomic E-state index is 10.9. The molecule has 0 N–H and O–H groups in total. The summed E-state index contributed by atoms with van der Waals surface area (Å²) in [6, 6.07) is 30.0. The first-order valence-electron chi connectivity index (χ1n) is 12.3. The van der Waals surface area contributed by atoms with Gasteiger partial charge in [0.15, 0.2) is 0 Å². The van der Waals surface area contributed by atoms with Crippen molar-refractivity contribution in [2.24, 2.45) is 0 Å². The van der Waals surface area contributed by atoms with Crippen LogP contribution in [0.15, 0.2) is 110 Å². The highest BCUT2D eigenvalue weighted by Gasteiger charge is 2.44. The standard InChI is InChI=1S/C31H26N2O4/c34-18-23-5-7-25(8-6-23)26-10-13-29(14-11-26)35-19-30-20-36-31(37-30,21-33-16-15-32-22-33)28-12-9-24-3-1-2-4-27(24)17-28/h1-18,22,30H,19-21H2. The Morgan fingerprint density at radius 2 is 1.70 bits per heavy atom. The summed E-state index contributed by atoms with van der Waals surface area (Å²) in [5.74, 6) is -0.175. The van der Waals surface area contributed by atoms with Crippen LogP contribution in [0.2, 0.25) is 0 Å². The largest absolute Gasteiger partial charge is 0.491 e. The van der Waals surface area contributed by atoms with Gasteiger partial charge in [-0.3, -0.25) is 4.79 Å². The Labute approximate surface area is 215 Å². The van der Waals surface area contributed by atoms with E-state index in [9.17, 15) is 4.79 Å². The van der Waals surface area contributed by atoms with E-state index >= 15 is 0 Å². The maximum absolute atomic E-state index is 10.9. The molecular weight excluding hydrogens is 464 g/mol. The van der Waals surface area contributed by atoms with Crippen molar-refractivity contribution in [1.82, 2.24) is 9.55 Å². The lowest BCUT2D eigenvalue weighted by atomic mass is 10.0. The van der Waals surface area contributed by atoms with Crippen LogP contribution in [0.25, 0.3) is 21.9 Å². The molecule has 0 saturated carbocycles. The van der Waals surface area contributed by atoms with Crippen LogP contribution in [-0.4, -0.2) is 35.2 Å². The molecule has 1 aliphatic heterocycles. The third-order valence-electron chi connectivity index (χ3n) is 6.67. The van der Waals surface area contributed by atoms with Crippen LogP contribution in [0, 0.1) is 0 Å². The Morgan fingerprint density at radius 1 is 0.946 bits per heavy atom. The summed E-state index contributed by atoms with van der Waals surface area (Å²) in [5, 5.41) is 2.31. The topological polar surface area (TPSA) is 62.6 Å². The average Bonchev–Trinajstić information content (AvgIpc) is 3.63. The summed E-state index contributed by atoms with van der Waals surface area (Å²) in [7, 11) is 0. The van der Waals surface area contributed by atoms with Gasteiger partial charge in [0.2, 0.25) is 5.79 Å². The Morgan fingerprint density at radius 3 is 2.43 bits per heavy atom. The fourth-order valence-corrected chi connectivity index (χ4v) is 4.71. The molecule has 37 heavy (non-hydrogen) atoms. The zero-order chi connectivity index (χ0) is 25.1. The van der Waals surface area contributed by atoms with Gasteiger partial charge >= 0.3 is 0 Å². The Hall–Kier alpha value is -4.26. The molecule has 184 valence electrons. The number of hydrogen-bond acceptors (Lipinski definition) is 5. The van der Waals surface area contributed by atoms with Crippen molar-refractivity contribution in [3.63, 3.8) is 0 Å². The molecule has 6 heteroatoms. The van der Waals surface area contributed by atoms with E-state index in [1.807, 2.05) is 71.4 Å². The summed E-state index contributed by atoms with van der Waals surface area (Å²) in [4.78, 5) is 15.1. The molecule has 0 amide bonds. The smallest absolute Gasteiger partial charge is 0.214 e. The molecule has 1 saturated heterocycles. The van der Waals surface area contributed by atoms with E-state index in [4.69, 9.17) is 14.2 Å². The van der Waals surface area contributed by atoms with Gasteiger partial charge in [-0.2, -0.15) is 0 Å². The number of benzene rings is 4. The number of imidazole rings is 1. The lowest BCUT2D eigenvalue weighted by Crippen LogP contribution is -2.34. The summed E-state index contributed by atoms with van der Waals surface area (Å²) in [5.41, 5.74) is 3.73. The van der Waals surface area contributed by atoms with Crippen molar-refractivity contribution < 1.29 is 19.0 Å². The molecule has 2 heterocycles. The highest BCUT2D eigenvalue weighted by molar-refractivity contribution is 5.83. The van der Waals surface area contributed by atoms with E-state index in [1.165, 1.54) is 5.39 Å². The molecule has 0 bridgehead atoms. The predicted molar refractivity (Wildman–Crippen MR) is 141 cm³/mol. The van der Waals surface area contributed by atoms with Crippen molar-refractivity contribution in [2.45, 2.75) is 18.4 Å². The number of carbonyl (C=O) groups is 1. The van der Waals surface area contributed by atoms with Gasteiger partial charge in [0.25, 0.3) is 0 Å². The molecule has 0 aliphatic carbocycles. The molecule has 6 nitrogen and oxygen atoms in total. The Balaban J connectivity index is 1.17. The Bertz CT molecular complexity index is 1500. The molecule has 1 fully saturated rings. The van der Waals surface area contributed by atoms with E-state index < -0.39 is 5.79 Å². The van der Waals surface area contributed by atoms with Crippen molar-refractivity contribution in [1.29, 1.82) is 0 Å². The van der Waals surface area contributed by atoms with Gasteiger partial charge in [0.05, 0.1) is 19.5 Å². The molecule has 1 aromatic heterocycles. The minimum atomic E-state index is -0.934. The molecule has 2 unspecified atom stereocenters. The first-order chi connectivity index (χ1) is 18.2. The van der Waals surface area contributed by atoms with E-state index in [1.54, 1.807) is 12.5 Å². The van der Waals surface area contributed by atoms with Crippen LogP contribution in [0.1, 0.15) is 15.9 Å². The zero-order valence-electron chi connectivity index (χ0n) is 20.2. The maximum Gasteiger partial charge on any atom is 0.214 e. The third kappa shape index (κ3) is 4.89. The highest BCUT2D eigenvalue weighted by atomic mass is 16.8. The normalized spacial score (nSPS) is 19.2. The van der Waals surface area contributed by atoms with Crippen LogP contribution < -0.4 is 4.74 Å². The number of fused-ring (bicyclic) bond motifs is 1. The summed E-state index contributed by atoms with van der Waals surface area (Å²) >= 11 is 0. The van der Waals surface area contributed by atoms with Crippen LogP contribution in [-0.2, 0) is 21.8 Å². The van der Waals surface area contributed by atoms with E-state index in [0.29, 0.717) is 25.3 Å². The molecule has 4 aromatic carbocycles. The first kappa shape index (κ1) is 23.2. The van der Waals surface area contributed by atoms with Gasteiger partial charge in [-0.1, -0.05) is 72.8 Å². The van der Waals surface area contributed by atoms with Crippen molar-refractivity contribution in [2.75, 3.05) is 13.2 Å². The van der Waals surface area contributed by atoms with Crippen LogP contribution in [0.5, 0.6) is 5.75 Å². The highest BCUT2D eigenvalue weighted by Crippen LogP contribution is 2.37. The number of hydrogen-bond donors (Lipinski definition) is 0. The third-order valence-corrected chi connectivity index (χ3v) is 6.67. The number of aldehydes is 1. The second-order valence-electron chi connectivity index (χ2n) is 9.18. The number of ether oxygens (including phenoxy) is 3. The molecular formula is C31H26N2O4. The number of carbonyl (C=O) groups excluding carboxylic acids is 1. The van der Waals surface area contributed by atoms with E-state index in [-0.39, 0.29) is 6.10 Å². The van der Waals surface area contributed by atoms with Crippen LogP contribution >= 0.6 is 0 Å². The fraction of sp³-hybridized carbons (Fsp3) is 0.161. The molecule has 0 spiro atoms. The lowest BCUT2D eigenvalue weighted by Gasteiger charge is -2.29. The molecule has 0 radical (unpaired) electrons. The van der Waals surface area contributed by atoms with Gasteiger partial charge in [-0.15, -0.1) is 0 Å². The lowest BCUT2D eigenvalue weighted by molar-refractivity contribution is -0.189.